The van der Waals surface area contributed by atoms with Crippen LogP contribution in [0.5, 0.6) is 0 Å². The molecule has 0 unspecified atom stereocenters. The number of ether oxygens (including phenoxy) is 1. The van der Waals surface area contributed by atoms with Crippen LogP contribution >= 0.6 is 0 Å². The number of aromatic nitrogens is 2. The Bertz CT molecular complexity index is 1090. The highest BCUT2D eigenvalue weighted by molar-refractivity contribution is 6.05. The number of nitrogens with one attached hydrogen (secondary N) is 1. The molecule has 2 amide bonds. The summed E-state index contributed by atoms with van der Waals surface area (Å²) in [4.78, 5) is 32.4. The lowest BCUT2D eigenvalue weighted by atomic mass is 10.0. The van der Waals surface area contributed by atoms with Crippen LogP contribution in [0.25, 0.3) is 11.0 Å². The monoisotopic (exact) mass is 420 g/mol. The number of carbonyl (C=O) groups is 2. The molecule has 162 valence electrons. The molecule has 0 saturated carbocycles. The number of imidazole rings is 1. The summed E-state index contributed by atoms with van der Waals surface area (Å²) in [6, 6.07) is 14.9. The van der Waals surface area contributed by atoms with E-state index in [1.54, 1.807) is 12.0 Å². The zero-order valence-corrected chi connectivity index (χ0v) is 18.2. The normalized spacial score (nSPS) is 15.7. The van der Waals surface area contributed by atoms with E-state index in [4.69, 9.17) is 4.74 Å². The van der Waals surface area contributed by atoms with Crippen LogP contribution in [0.4, 0.5) is 11.6 Å². The second kappa shape index (κ2) is 8.89. The minimum Gasteiger partial charge on any atom is -0.385 e. The predicted octanol–water partition coefficient (Wildman–Crippen LogP) is 4.11. The highest BCUT2D eigenvalue weighted by atomic mass is 16.5. The van der Waals surface area contributed by atoms with Crippen LogP contribution in [0.3, 0.4) is 0 Å². The molecule has 0 spiro atoms. The third-order valence-corrected chi connectivity index (χ3v) is 5.65. The van der Waals surface area contributed by atoms with E-state index >= 15 is 0 Å². The molecule has 7 heteroatoms. The van der Waals surface area contributed by atoms with Crippen molar-refractivity contribution in [2.45, 2.75) is 38.6 Å². The van der Waals surface area contributed by atoms with E-state index in [0.717, 1.165) is 16.7 Å². The summed E-state index contributed by atoms with van der Waals surface area (Å²) in [7, 11) is 1.64. The van der Waals surface area contributed by atoms with Gasteiger partial charge in [-0.05, 0) is 42.2 Å². The Balaban J connectivity index is 1.56. The molecule has 0 radical (unpaired) electrons. The van der Waals surface area contributed by atoms with Crippen molar-refractivity contribution in [2.75, 3.05) is 30.5 Å². The molecule has 7 nitrogen and oxygen atoms in total. The second-order valence-corrected chi connectivity index (χ2v) is 8.15. The number of anilines is 2. The van der Waals surface area contributed by atoms with Gasteiger partial charge in [-0.3, -0.25) is 19.1 Å². The number of hydrogen-bond donors (Lipinski definition) is 1. The third-order valence-electron chi connectivity index (χ3n) is 5.65. The fraction of sp³-hybridized carbons (Fsp3) is 0.375. The molecule has 3 aromatic rings. The van der Waals surface area contributed by atoms with Gasteiger partial charge in [0.1, 0.15) is 6.04 Å². The molecule has 1 aliphatic rings. The van der Waals surface area contributed by atoms with E-state index in [0.29, 0.717) is 31.4 Å². The molecule has 2 heterocycles. The van der Waals surface area contributed by atoms with E-state index in [9.17, 15) is 9.59 Å². The van der Waals surface area contributed by atoms with Crippen molar-refractivity contribution in [3.8, 4) is 0 Å². The van der Waals surface area contributed by atoms with Crippen LogP contribution < -0.4 is 10.2 Å². The topological polar surface area (TPSA) is 76.5 Å². The Morgan fingerprint density at radius 3 is 2.61 bits per heavy atom. The van der Waals surface area contributed by atoms with Crippen LogP contribution in [-0.4, -0.2) is 41.6 Å². The van der Waals surface area contributed by atoms with Crippen molar-refractivity contribution in [1.29, 1.82) is 0 Å². The van der Waals surface area contributed by atoms with Crippen LogP contribution in [0, 0.1) is 0 Å². The molecule has 0 saturated heterocycles. The Labute approximate surface area is 182 Å². The van der Waals surface area contributed by atoms with Crippen molar-refractivity contribution in [2.24, 2.45) is 0 Å². The van der Waals surface area contributed by atoms with Gasteiger partial charge in [0.2, 0.25) is 11.9 Å². The van der Waals surface area contributed by atoms with Crippen molar-refractivity contribution in [3.05, 3.63) is 54.1 Å². The fourth-order valence-corrected chi connectivity index (χ4v) is 4.01. The first-order chi connectivity index (χ1) is 15.0. The molecule has 1 aliphatic heterocycles. The maximum Gasteiger partial charge on any atom is 0.253 e. The van der Waals surface area contributed by atoms with Gasteiger partial charge in [0.15, 0.2) is 0 Å². The van der Waals surface area contributed by atoms with Gasteiger partial charge in [-0.1, -0.05) is 38.1 Å². The molecule has 1 N–H and O–H groups in total. The smallest absolute Gasteiger partial charge is 0.253 e. The number of benzene rings is 2. The first-order valence-corrected chi connectivity index (χ1v) is 10.7. The molecular formula is C24H28N4O3. The maximum absolute atomic E-state index is 13.2. The number of methoxy groups -OCH3 is 1. The van der Waals surface area contributed by atoms with Crippen molar-refractivity contribution >= 4 is 34.5 Å². The van der Waals surface area contributed by atoms with E-state index in [1.165, 1.54) is 5.56 Å². The average Bonchev–Trinajstić information content (AvgIpc) is 3.24. The van der Waals surface area contributed by atoms with Gasteiger partial charge in [0.25, 0.3) is 5.91 Å². The highest BCUT2D eigenvalue weighted by Crippen LogP contribution is 2.36. The number of para-hydroxylation sites is 2. The molecule has 0 aliphatic carbocycles. The molecule has 0 bridgehead atoms. The standard InChI is InChI=1S/C24H28N4O3/c1-16(2)17-9-11-18(12-10-17)25-22(29)15-21-23(30)27(13-6-14-31-3)24-26-19-7-4-5-8-20(19)28(21)24/h4-5,7-12,16,21H,6,13-15H2,1-3H3,(H,25,29)/t21-/m1/s1. The largest absolute Gasteiger partial charge is 0.385 e. The number of hydrogen-bond acceptors (Lipinski definition) is 4. The van der Waals surface area contributed by atoms with Gasteiger partial charge in [0.05, 0.1) is 17.5 Å². The Morgan fingerprint density at radius 1 is 1.16 bits per heavy atom. The number of carbonyl (C=O) groups excluding carboxylic acids is 2. The maximum atomic E-state index is 13.2. The molecular weight excluding hydrogens is 392 g/mol. The van der Waals surface area contributed by atoms with Gasteiger partial charge in [-0.2, -0.15) is 0 Å². The number of nitrogens with zero attached hydrogens (tertiary/aromatic N) is 3. The lowest BCUT2D eigenvalue weighted by Crippen LogP contribution is -2.32. The van der Waals surface area contributed by atoms with Crippen molar-refractivity contribution in [1.82, 2.24) is 9.55 Å². The molecule has 1 aromatic heterocycles. The second-order valence-electron chi connectivity index (χ2n) is 8.15. The summed E-state index contributed by atoms with van der Waals surface area (Å²) in [6.45, 7) is 5.32. The van der Waals surface area contributed by atoms with Gasteiger partial charge in [0, 0.05) is 25.9 Å². The SMILES string of the molecule is COCCCN1C(=O)[C@@H](CC(=O)Nc2ccc(C(C)C)cc2)n2c1nc1ccccc12. The summed E-state index contributed by atoms with van der Waals surface area (Å²) < 4.78 is 7.03. The van der Waals surface area contributed by atoms with Crippen LogP contribution in [0.15, 0.2) is 48.5 Å². The highest BCUT2D eigenvalue weighted by Gasteiger charge is 2.40. The first kappa shape index (κ1) is 21.1. The molecule has 2 aromatic carbocycles. The first-order valence-electron chi connectivity index (χ1n) is 10.7. The Kier molecular flexibility index (Phi) is 6.04. The summed E-state index contributed by atoms with van der Waals surface area (Å²) >= 11 is 0. The third kappa shape index (κ3) is 4.18. The Morgan fingerprint density at radius 2 is 1.90 bits per heavy atom. The molecule has 31 heavy (non-hydrogen) atoms. The average molecular weight is 421 g/mol. The fourth-order valence-electron chi connectivity index (χ4n) is 4.01. The Hall–Kier alpha value is -3.19. The summed E-state index contributed by atoms with van der Waals surface area (Å²) in [5.41, 5.74) is 3.62. The lowest BCUT2D eigenvalue weighted by molar-refractivity contribution is -0.124. The summed E-state index contributed by atoms with van der Waals surface area (Å²) in [5, 5.41) is 2.93. The van der Waals surface area contributed by atoms with Gasteiger partial charge in [-0.25, -0.2) is 4.98 Å². The van der Waals surface area contributed by atoms with E-state index < -0.39 is 6.04 Å². The van der Waals surface area contributed by atoms with Gasteiger partial charge < -0.3 is 10.1 Å². The minimum absolute atomic E-state index is 0.0545. The molecule has 0 fully saturated rings. The number of amides is 2. The predicted molar refractivity (Wildman–Crippen MR) is 121 cm³/mol. The van der Waals surface area contributed by atoms with E-state index in [-0.39, 0.29) is 18.2 Å². The van der Waals surface area contributed by atoms with Crippen molar-refractivity contribution < 1.29 is 14.3 Å². The van der Waals surface area contributed by atoms with Crippen molar-refractivity contribution in [3.63, 3.8) is 0 Å². The van der Waals surface area contributed by atoms with Crippen LogP contribution in [0.1, 0.15) is 44.2 Å². The zero-order chi connectivity index (χ0) is 22.0. The minimum atomic E-state index is -0.611. The van der Waals surface area contributed by atoms with E-state index in [1.807, 2.05) is 53.1 Å². The number of fused-ring (bicyclic) bond motifs is 3. The molecule has 1 atom stereocenters. The zero-order valence-electron chi connectivity index (χ0n) is 18.2. The van der Waals surface area contributed by atoms with Gasteiger partial charge in [-0.15, -0.1) is 0 Å². The number of rotatable bonds is 8. The van der Waals surface area contributed by atoms with Crippen LogP contribution in [-0.2, 0) is 14.3 Å². The van der Waals surface area contributed by atoms with Gasteiger partial charge >= 0.3 is 0 Å². The summed E-state index contributed by atoms with van der Waals surface area (Å²) in [5.74, 6) is 0.729. The molecule has 4 rings (SSSR count). The summed E-state index contributed by atoms with van der Waals surface area (Å²) in [6.07, 6.45) is 0.755. The lowest BCUT2D eigenvalue weighted by Gasteiger charge is -2.16. The quantitative estimate of drug-likeness (QED) is 0.557. The van der Waals surface area contributed by atoms with Crippen LogP contribution in [0.2, 0.25) is 0 Å². The van der Waals surface area contributed by atoms with E-state index in [2.05, 4.69) is 24.1 Å².